The molecule has 0 radical (unpaired) electrons. The van der Waals surface area contributed by atoms with E-state index in [0.717, 1.165) is 12.8 Å². The number of carbonyl (C=O) groups is 2. The van der Waals surface area contributed by atoms with Gasteiger partial charge in [0.1, 0.15) is 23.3 Å². The molecule has 3 heterocycles. The Hall–Kier alpha value is -3.82. The summed E-state index contributed by atoms with van der Waals surface area (Å²) in [6, 6.07) is 8.61. The number of aromatic nitrogens is 2. The minimum Gasteiger partial charge on any atom is -0.494 e. The van der Waals surface area contributed by atoms with Gasteiger partial charge in [-0.3, -0.25) is 14.6 Å². The molecule has 160 valence electrons. The zero-order chi connectivity index (χ0) is 22.0. The Morgan fingerprint density at radius 3 is 2.74 bits per heavy atom. The van der Waals surface area contributed by atoms with E-state index in [1.807, 2.05) is 0 Å². The molecule has 1 unspecified atom stereocenters. The SMILES string of the molecule is CCCCOc1ccc(C(=O)Nc2cc(C)nn2C2=NC(=O)C3C=NN(C)C3=N2)cc1. The molecule has 0 spiro atoms. The largest absolute Gasteiger partial charge is 0.494 e. The van der Waals surface area contributed by atoms with Crippen LogP contribution in [0.5, 0.6) is 5.75 Å². The van der Waals surface area contributed by atoms with Crippen LogP contribution in [0.25, 0.3) is 0 Å². The first-order valence-corrected chi connectivity index (χ1v) is 10.1. The maximum atomic E-state index is 12.8. The number of amides is 2. The maximum Gasteiger partial charge on any atom is 0.265 e. The standard InChI is InChI=1S/C21H23N7O3/c1-4-5-10-31-15-8-6-14(7-9-15)19(29)23-17-11-13(2)26-28(17)21-24-18-16(20(30)25-21)12-22-27(18)3/h6-9,11-12,16H,4-5,10H2,1-3H3,(H,23,29). The number of aryl methyl sites for hydroxylation is 1. The highest BCUT2D eigenvalue weighted by Crippen LogP contribution is 2.20. The van der Waals surface area contributed by atoms with Crippen molar-refractivity contribution in [3.63, 3.8) is 0 Å². The lowest BCUT2D eigenvalue weighted by atomic mass is 10.1. The van der Waals surface area contributed by atoms with Gasteiger partial charge < -0.3 is 10.1 Å². The lowest BCUT2D eigenvalue weighted by Crippen LogP contribution is -2.35. The molecule has 0 aliphatic carbocycles. The van der Waals surface area contributed by atoms with E-state index in [2.05, 4.69) is 32.4 Å². The zero-order valence-corrected chi connectivity index (χ0v) is 17.6. The molecule has 2 aromatic rings. The van der Waals surface area contributed by atoms with Gasteiger partial charge in [0.15, 0.2) is 0 Å². The molecule has 31 heavy (non-hydrogen) atoms. The first-order valence-electron chi connectivity index (χ1n) is 10.1. The molecule has 10 nitrogen and oxygen atoms in total. The van der Waals surface area contributed by atoms with Crippen LogP contribution < -0.4 is 10.1 Å². The van der Waals surface area contributed by atoms with Crippen LogP contribution in [0.15, 0.2) is 45.4 Å². The van der Waals surface area contributed by atoms with Gasteiger partial charge in [0, 0.05) is 24.9 Å². The summed E-state index contributed by atoms with van der Waals surface area (Å²) in [4.78, 5) is 33.6. The summed E-state index contributed by atoms with van der Waals surface area (Å²) in [6.07, 6.45) is 3.54. The van der Waals surface area contributed by atoms with Gasteiger partial charge in [-0.2, -0.15) is 24.9 Å². The van der Waals surface area contributed by atoms with Gasteiger partial charge in [-0.05, 0) is 37.6 Å². The van der Waals surface area contributed by atoms with Crippen LogP contribution >= 0.6 is 0 Å². The van der Waals surface area contributed by atoms with Crippen LogP contribution in [-0.2, 0) is 4.79 Å². The Labute approximate surface area is 179 Å². The molecular formula is C21H23N7O3. The minimum absolute atomic E-state index is 0.0803. The highest BCUT2D eigenvalue weighted by atomic mass is 16.5. The van der Waals surface area contributed by atoms with Gasteiger partial charge >= 0.3 is 0 Å². The van der Waals surface area contributed by atoms with Gasteiger partial charge in [-0.15, -0.1) is 0 Å². The Balaban J connectivity index is 1.52. The summed E-state index contributed by atoms with van der Waals surface area (Å²) < 4.78 is 6.98. The van der Waals surface area contributed by atoms with Crippen LogP contribution in [0.3, 0.4) is 0 Å². The van der Waals surface area contributed by atoms with E-state index in [-0.39, 0.29) is 17.8 Å². The first-order chi connectivity index (χ1) is 15.0. The van der Waals surface area contributed by atoms with E-state index in [1.54, 1.807) is 44.3 Å². The number of ether oxygens (including phenoxy) is 1. The number of nitrogens with zero attached hydrogens (tertiary/aromatic N) is 6. The Morgan fingerprint density at radius 2 is 2.00 bits per heavy atom. The quantitative estimate of drug-likeness (QED) is 0.719. The van der Waals surface area contributed by atoms with Gasteiger partial charge in [-0.1, -0.05) is 13.3 Å². The van der Waals surface area contributed by atoms with Gasteiger partial charge in [-0.25, -0.2) is 0 Å². The molecule has 10 heteroatoms. The molecule has 0 saturated heterocycles. The van der Waals surface area contributed by atoms with E-state index in [0.29, 0.717) is 35.3 Å². The second kappa shape index (κ2) is 8.50. The number of hydrogen-bond acceptors (Lipinski definition) is 7. The highest BCUT2D eigenvalue weighted by molar-refractivity contribution is 6.24. The van der Waals surface area contributed by atoms with Crippen molar-refractivity contribution in [2.24, 2.45) is 21.0 Å². The fourth-order valence-corrected chi connectivity index (χ4v) is 3.17. The molecule has 0 fully saturated rings. The molecule has 1 aromatic carbocycles. The predicted molar refractivity (Wildman–Crippen MR) is 117 cm³/mol. The second-order valence-electron chi connectivity index (χ2n) is 7.25. The molecule has 2 amide bonds. The molecule has 0 bridgehead atoms. The van der Waals surface area contributed by atoms with Crippen molar-refractivity contribution in [1.82, 2.24) is 14.8 Å². The average Bonchev–Trinajstić information content (AvgIpc) is 3.31. The predicted octanol–water partition coefficient (Wildman–Crippen LogP) is 2.31. The summed E-state index contributed by atoms with van der Waals surface area (Å²) >= 11 is 0. The topological polar surface area (TPSA) is 114 Å². The number of amidine groups is 1. The van der Waals surface area contributed by atoms with Crippen LogP contribution in [0, 0.1) is 12.8 Å². The number of unbranched alkanes of at least 4 members (excludes halogenated alkanes) is 1. The molecule has 4 rings (SSSR count). The van der Waals surface area contributed by atoms with Crippen molar-refractivity contribution in [3.8, 4) is 5.75 Å². The normalized spacial score (nSPS) is 17.3. The summed E-state index contributed by atoms with van der Waals surface area (Å²) in [5, 5.41) is 12.8. The van der Waals surface area contributed by atoms with Crippen molar-refractivity contribution in [1.29, 1.82) is 0 Å². The number of nitrogens with one attached hydrogen (secondary N) is 1. The Kier molecular flexibility index (Phi) is 5.61. The fraction of sp³-hybridized carbons (Fsp3) is 0.333. The number of aliphatic imine (C=N–C) groups is 2. The van der Waals surface area contributed by atoms with Gasteiger partial charge in [0.25, 0.3) is 17.8 Å². The molecule has 1 atom stereocenters. The van der Waals surface area contributed by atoms with E-state index in [4.69, 9.17) is 4.74 Å². The summed E-state index contributed by atoms with van der Waals surface area (Å²) in [5.41, 5.74) is 1.11. The van der Waals surface area contributed by atoms with Crippen LogP contribution in [0.4, 0.5) is 5.82 Å². The molecule has 0 saturated carbocycles. The van der Waals surface area contributed by atoms with E-state index >= 15 is 0 Å². The van der Waals surface area contributed by atoms with E-state index < -0.39 is 5.92 Å². The smallest absolute Gasteiger partial charge is 0.265 e. The molecule has 2 aliphatic rings. The van der Waals surface area contributed by atoms with Crippen molar-refractivity contribution in [3.05, 3.63) is 41.6 Å². The minimum atomic E-state index is -0.582. The number of hydrazone groups is 1. The monoisotopic (exact) mass is 421 g/mol. The zero-order valence-electron chi connectivity index (χ0n) is 17.6. The lowest BCUT2D eigenvalue weighted by molar-refractivity contribution is -0.118. The van der Waals surface area contributed by atoms with Crippen molar-refractivity contribution in [2.75, 3.05) is 19.0 Å². The Morgan fingerprint density at radius 1 is 1.23 bits per heavy atom. The Bertz CT molecular complexity index is 1100. The number of anilines is 1. The number of rotatable bonds is 6. The first kappa shape index (κ1) is 20.5. The van der Waals surface area contributed by atoms with Crippen molar-refractivity contribution < 1.29 is 14.3 Å². The van der Waals surface area contributed by atoms with Crippen LogP contribution in [-0.4, -0.2) is 58.3 Å². The second-order valence-corrected chi connectivity index (χ2v) is 7.25. The molecular weight excluding hydrogens is 398 g/mol. The number of fused-ring (bicyclic) bond motifs is 1. The summed E-state index contributed by atoms with van der Waals surface area (Å²) in [7, 11) is 1.71. The molecule has 2 aliphatic heterocycles. The lowest BCUT2D eigenvalue weighted by Gasteiger charge is -2.17. The summed E-state index contributed by atoms with van der Waals surface area (Å²) in [6.45, 7) is 4.52. The summed E-state index contributed by atoms with van der Waals surface area (Å²) in [5.74, 6) is 0.348. The third-order valence-electron chi connectivity index (χ3n) is 4.84. The fourth-order valence-electron chi connectivity index (χ4n) is 3.17. The third-order valence-corrected chi connectivity index (χ3v) is 4.84. The van der Waals surface area contributed by atoms with Gasteiger partial charge in [0.05, 0.1) is 12.3 Å². The number of hydrogen-bond donors (Lipinski definition) is 1. The van der Waals surface area contributed by atoms with E-state index in [1.165, 1.54) is 15.9 Å². The van der Waals surface area contributed by atoms with Crippen LogP contribution in [0.1, 0.15) is 35.8 Å². The number of benzene rings is 1. The molecule has 1 aromatic heterocycles. The van der Waals surface area contributed by atoms with Crippen molar-refractivity contribution >= 4 is 35.6 Å². The van der Waals surface area contributed by atoms with Crippen molar-refractivity contribution in [2.45, 2.75) is 26.7 Å². The van der Waals surface area contributed by atoms with E-state index in [9.17, 15) is 9.59 Å². The van der Waals surface area contributed by atoms with Gasteiger partial charge in [0.2, 0.25) is 0 Å². The molecule has 1 N–H and O–H groups in total. The third kappa shape index (κ3) is 4.23. The maximum absolute atomic E-state index is 12.8. The number of carbonyl (C=O) groups excluding carboxylic acids is 2. The van der Waals surface area contributed by atoms with Crippen LogP contribution in [0.2, 0.25) is 0 Å². The average molecular weight is 421 g/mol. The highest BCUT2D eigenvalue weighted by Gasteiger charge is 2.35.